The van der Waals surface area contributed by atoms with Crippen LogP contribution in [0, 0.1) is 11.8 Å². The van der Waals surface area contributed by atoms with Crippen LogP contribution in [0.1, 0.15) is 50.6 Å². The maximum Gasteiger partial charge on any atom is 0.0871 e. The van der Waals surface area contributed by atoms with Crippen molar-refractivity contribution < 1.29 is 10.2 Å². The van der Waals surface area contributed by atoms with Crippen molar-refractivity contribution in [3.8, 4) is 0 Å². The molecule has 1 aromatic rings. The molecule has 0 radical (unpaired) electrons. The first-order valence-electron chi connectivity index (χ1n) is 9.05. The normalized spacial score (nSPS) is 38.2. The lowest BCUT2D eigenvalue weighted by atomic mass is 9.76. The lowest BCUT2D eigenvalue weighted by molar-refractivity contribution is -0.00547. The van der Waals surface area contributed by atoms with Crippen molar-refractivity contribution in [1.82, 2.24) is 5.32 Å². The number of hydrogen-bond acceptors (Lipinski definition) is 3. The van der Waals surface area contributed by atoms with E-state index in [0.29, 0.717) is 12.3 Å². The number of fused-ring (bicyclic) bond motifs is 1. The minimum Gasteiger partial charge on any atom is -0.389 e. The predicted octanol–water partition coefficient (Wildman–Crippen LogP) is 3.71. The number of hydrogen-bond donors (Lipinski definition) is 3. The lowest BCUT2D eigenvalue weighted by Gasteiger charge is -2.36. The van der Waals surface area contributed by atoms with E-state index >= 15 is 0 Å². The van der Waals surface area contributed by atoms with Crippen LogP contribution in [0.4, 0.5) is 0 Å². The number of halogens is 1. The van der Waals surface area contributed by atoms with Crippen LogP contribution < -0.4 is 5.32 Å². The van der Waals surface area contributed by atoms with Gasteiger partial charge >= 0.3 is 0 Å². The van der Waals surface area contributed by atoms with Gasteiger partial charge in [0.2, 0.25) is 0 Å². The van der Waals surface area contributed by atoms with Gasteiger partial charge in [-0.2, -0.15) is 0 Å². The van der Waals surface area contributed by atoms with Crippen molar-refractivity contribution in [2.75, 3.05) is 6.54 Å². The van der Waals surface area contributed by atoms with Gasteiger partial charge < -0.3 is 15.5 Å². The molecule has 5 atom stereocenters. The summed E-state index contributed by atoms with van der Waals surface area (Å²) in [4.78, 5) is 0. The summed E-state index contributed by atoms with van der Waals surface area (Å²) in [5.41, 5.74) is 1.28. The highest BCUT2D eigenvalue weighted by Gasteiger charge is 2.58. The first kappa shape index (κ1) is 16.8. The van der Waals surface area contributed by atoms with E-state index in [1.165, 1.54) is 11.1 Å². The monoisotopic (exact) mass is 391 g/mol. The predicted molar refractivity (Wildman–Crippen MR) is 98.6 cm³/mol. The van der Waals surface area contributed by atoms with Gasteiger partial charge in [0.05, 0.1) is 11.2 Å². The molecule has 0 saturated heterocycles. The molecule has 0 aliphatic heterocycles. The van der Waals surface area contributed by atoms with Gasteiger partial charge in [0.1, 0.15) is 0 Å². The maximum atomic E-state index is 11.2. The first-order chi connectivity index (χ1) is 11.4. The summed E-state index contributed by atoms with van der Waals surface area (Å²) in [5, 5.41) is 25.5. The van der Waals surface area contributed by atoms with Crippen molar-refractivity contribution >= 4 is 15.9 Å². The van der Waals surface area contributed by atoms with Crippen molar-refractivity contribution in [3.05, 3.63) is 46.0 Å². The number of benzene rings is 1. The fourth-order valence-electron chi connectivity index (χ4n) is 5.09. The van der Waals surface area contributed by atoms with E-state index in [-0.39, 0.29) is 12.0 Å². The lowest BCUT2D eigenvalue weighted by Crippen LogP contribution is -2.40. The molecule has 2 fully saturated rings. The quantitative estimate of drug-likeness (QED) is 0.670. The van der Waals surface area contributed by atoms with Crippen LogP contribution in [-0.4, -0.2) is 28.0 Å². The molecule has 0 spiro atoms. The summed E-state index contributed by atoms with van der Waals surface area (Å²) in [6.07, 6.45) is 6.37. The first-order valence-corrected chi connectivity index (χ1v) is 9.84. The van der Waals surface area contributed by atoms with E-state index in [9.17, 15) is 10.2 Å². The van der Waals surface area contributed by atoms with Gasteiger partial charge in [0, 0.05) is 16.4 Å². The Hall–Kier alpha value is -0.680. The second kappa shape index (κ2) is 5.94. The van der Waals surface area contributed by atoms with Crippen molar-refractivity contribution in [2.45, 2.75) is 56.3 Å². The molecule has 4 rings (SSSR count). The van der Waals surface area contributed by atoms with Crippen molar-refractivity contribution in [1.29, 1.82) is 0 Å². The fourth-order valence-corrected chi connectivity index (χ4v) is 5.36. The van der Waals surface area contributed by atoms with E-state index in [1.807, 2.05) is 0 Å². The zero-order chi connectivity index (χ0) is 16.9. The fraction of sp³-hybridized carbons (Fsp3) is 0.600. The Kier molecular flexibility index (Phi) is 4.15. The molecule has 4 heteroatoms. The minimum atomic E-state index is -0.747. The summed E-state index contributed by atoms with van der Waals surface area (Å²) >= 11 is 3.46. The van der Waals surface area contributed by atoms with Crippen molar-refractivity contribution in [3.63, 3.8) is 0 Å². The molecule has 0 aromatic heterocycles. The Morgan fingerprint density at radius 3 is 2.79 bits per heavy atom. The average Bonchev–Trinajstić information content (AvgIpc) is 3.01. The Bertz CT molecular complexity index is 658. The Balaban J connectivity index is 1.39. The molecule has 130 valence electrons. The average molecular weight is 392 g/mol. The molecular weight excluding hydrogens is 366 g/mol. The molecule has 3 aliphatic carbocycles. The van der Waals surface area contributed by atoms with Gasteiger partial charge in [-0.05, 0) is 69.2 Å². The van der Waals surface area contributed by atoms with Crippen molar-refractivity contribution in [2.24, 2.45) is 11.8 Å². The molecule has 2 bridgehead atoms. The second-order valence-electron chi connectivity index (χ2n) is 7.98. The standard InChI is InChI=1S/C20H26BrNO2/c1-13(14-2-4-17(21)5-3-14)22-9-8-19(23)11-15-6-7-20(24)12-16(19)10-18(15)20/h2-5,11,13,16,18,22-24H,6-10,12H2,1H3/t13-,16?,18?,19?,20?/m0/s1. The highest BCUT2D eigenvalue weighted by molar-refractivity contribution is 9.10. The molecule has 1 aromatic carbocycles. The van der Waals surface area contributed by atoms with Crippen LogP contribution in [0.5, 0.6) is 0 Å². The van der Waals surface area contributed by atoms with E-state index in [4.69, 9.17) is 0 Å². The van der Waals surface area contributed by atoms with Gasteiger partial charge in [-0.15, -0.1) is 0 Å². The molecule has 4 unspecified atom stereocenters. The van der Waals surface area contributed by atoms with E-state index in [2.05, 4.69) is 58.5 Å². The number of aliphatic hydroxyl groups is 2. The van der Waals surface area contributed by atoms with Crippen LogP contribution in [0.25, 0.3) is 0 Å². The summed E-state index contributed by atoms with van der Waals surface area (Å²) < 4.78 is 1.09. The molecule has 3 N–H and O–H groups in total. The number of nitrogens with one attached hydrogen (secondary N) is 1. The molecule has 24 heavy (non-hydrogen) atoms. The summed E-state index contributed by atoms with van der Waals surface area (Å²) in [5.74, 6) is 0.527. The highest BCUT2D eigenvalue weighted by Crippen LogP contribution is 2.59. The zero-order valence-corrected chi connectivity index (χ0v) is 15.7. The summed E-state index contributed by atoms with van der Waals surface area (Å²) in [7, 11) is 0. The van der Waals surface area contributed by atoms with Crippen LogP contribution in [0.15, 0.2) is 40.4 Å². The van der Waals surface area contributed by atoms with Crippen LogP contribution in [0.2, 0.25) is 0 Å². The minimum absolute atomic E-state index is 0.210. The molecule has 3 nitrogen and oxygen atoms in total. The zero-order valence-electron chi connectivity index (χ0n) is 14.1. The molecular formula is C20H26BrNO2. The molecule has 3 aliphatic rings. The van der Waals surface area contributed by atoms with Gasteiger partial charge in [0.15, 0.2) is 0 Å². The third-order valence-electron chi connectivity index (χ3n) is 6.55. The SMILES string of the molecule is C[C@H](NCCC1(O)C=C2CCC3(O)CC1CC23)c1ccc(Br)cc1. The molecule has 2 saturated carbocycles. The van der Waals surface area contributed by atoms with Gasteiger partial charge in [-0.3, -0.25) is 0 Å². The highest BCUT2D eigenvalue weighted by atomic mass is 79.9. The molecule has 0 amide bonds. The third kappa shape index (κ3) is 2.78. The summed E-state index contributed by atoms with van der Waals surface area (Å²) in [6, 6.07) is 8.62. The topological polar surface area (TPSA) is 52.5 Å². The van der Waals surface area contributed by atoms with Gasteiger partial charge in [-0.25, -0.2) is 0 Å². The maximum absolute atomic E-state index is 11.2. The van der Waals surface area contributed by atoms with Crippen LogP contribution in [0.3, 0.4) is 0 Å². The van der Waals surface area contributed by atoms with E-state index in [1.54, 1.807) is 0 Å². The van der Waals surface area contributed by atoms with Gasteiger partial charge in [-0.1, -0.05) is 39.7 Å². The van der Waals surface area contributed by atoms with Crippen LogP contribution in [-0.2, 0) is 0 Å². The molecule has 0 heterocycles. The summed E-state index contributed by atoms with van der Waals surface area (Å²) in [6.45, 7) is 2.93. The van der Waals surface area contributed by atoms with E-state index in [0.717, 1.165) is 36.7 Å². The Labute approximate surface area is 152 Å². The van der Waals surface area contributed by atoms with Gasteiger partial charge in [0.25, 0.3) is 0 Å². The third-order valence-corrected chi connectivity index (χ3v) is 7.08. The Morgan fingerprint density at radius 1 is 1.29 bits per heavy atom. The van der Waals surface area contributed by atoms with Crippen LogP contribution >= 0.6 is 15.9 Å². The Morgan fingerprint density at radius 2 is 2.04 bits per heavy atom. The second-order valence-corrected chi connectivity index (χ2v) is 8.90. The van der Waals surface area contributed by atoms with E-state index < -0.39 is 11.2 Å². The smallest absolute Gasteiger partial charge is 0.0871 e. The number of rotatable bonds is 5. The largest absolute Gasteiger partial charge is 0.389 e.